The summed E-state index contributed by atoms with van der Waals surface area (Å²) in [5, 5.41) is 0.731. The number of nitrogens with zero attached hydrogens (tertiary/aromatic N) is 3. The Kier molecular flexibility index (Phi) is 5.89. The maximum atomic E-state index is 5.83. The lowest BCUT2D eigenvalue weighted by Crippen LogP contribution is -2.26. The van der Waals surface area contributed by atoms with Crippen molar-refractivity contribution >= 4 is 11.6 Å². The molecule has 1 aromatic carbocycles. The number of halogens is 1. The Morgan fingerprint density at radius 3 is 2.75 bits per heavy atom. The van der Waals surface area contributed by atoms with Crippen LogP contribution in [0.25, 0.3) is 0 Å². The van der Waals surface area contributed by atoms with Crippen LogP contribution in [0.3, 0.4) is 0 Å². The van der Waals surface area contributed by atoms with E-state index in [1.54, 1.807) is 0 Å². The molecule has 0 saturated heterocycles. The van der Waals surface area contributed by atoms with Crippen LogP contribution in [0.15, 0.2) is 43.0 Å². The van der Waals surface area contributed by atoms with Gasteiger partial charge in [-0.3, -0.25) is 0 Å². The second kappa shape index (κ2) is 7.92. The van der Waals surface area contributed by atoms with E-state index in [4.69, 9.17) is 16.3 Å². The number of ether oxygens (including phenoxy) is 1. The Hall–Kier alpha value is -1.52. The van der Waals surface area contributed by atoms with E-state index in [2.05, 4.69) is 21.5 Å². The van der Waals surface area contributed by atoms with Crippen LogP contribution in [-0.4, -0.2) is 41.2 Å². The average molecular weight is 294 g/mol. The number of hydrogen-bond acceptors (Lipinski definition) is 3. The lowest BCUT2D eigenvalue weighted by atomic mass is 10.3. The molecule has 1 heterocycles. The third kappa shape index (κ3) is 5.23. The molecule has 0 amide bonds. The van der Waals surface area contributed by atoms with Crippen molar-refractivity contribution in [1.82, 2.24) is 14.5 Å². The van der Waals surface area contributed by atoms with Gasteiger partial charge in [0.1, 0.15) is 12.4 Å². The molecule has 0 atom stereocenters. The highest BCUT2D eigenvalue weighted by atomic mass is 35.5. The third-order valence-corrected chi connectivity index (χ3v) is 3.32. The first-order chi connectivity index (χ1) is 9.74. The quantitative estimate of drug-likeness (QED) is 0.750. The zero-order valence-electron chi connectivity index (χ0n) is 11.7. The second-order valence-electron chi connectivity index (χ2n) is 4.76. The summed E-state index contributed by atoms with van der Waals surface area (Å²) in [6.07, 6.45) is 6.75. The summed E-state index contributed by atoms with van der Waals surface area (Å²) >= 11 is 5.83. The molecular weight excluding hydrogens is 274 g/mol. The molecule has 0 unspecified atom stereocenters. The Morgan fingerprint density at radius 1 is 1.25 bits per heavy atom. The molecule has 0 aliphatic heterocycles. The molecule has 2 aromatic rings. The van der Waals surface area contributed by atoms with Crippen molar-refractivity contribution in [1.29, 1.82) is 0 Å². The van der Waals surface area contributed by atoms with E-state index < -0.39 is 0 Å². The largest absolute Gasteiger partial charge is 0.492 e. The lowest BCUT2D eigenvalue weighted by molar-refractivity contribution is 0.233. The van der Waals surface area contributed by atoms with Crippen molar-refractivity contribution in [2.45, 2.75) is 13.0 Å². The van der Waals surface area contributed by atoms with Gasteiger partial charge in [-0.15, -0.1) is 0 Å². The van der Waals surface area contributed by atoms with Crippen LogP contribution in [0.1, 0.15) is 6.42 Å². The van der Waals surface area contributed by atoms with Crippen LogP contribution in [0, 0.1) is 0 Å². The van der Waals surface area contributed by atoms with E-state index in [1.165, 1.54) is 0 Å². The van der Waals surface area contributed by atoms with Gasteiger partial charge in [0.25, 0.3) is 0 Å². The van der Waals surface area contributed by atoms with E-state index in [0.717, 1.165) is 36.8 Å². The molecule has 0 saturated carbocycles. The van der Waals surface area contributed by atoms with E-state index in [-0.39, 0.29) is 0 Å². The molecular formula is C15H20ClN3O. The van der Waals surface area contributed by atoms with Crippen LogP contribution in [-0.2, 0) is 6.54 Å². The van der Waals surface area contributed by atoms with Gasteiger partial charge in [-0.1, -0.05) is 11.6 Å². The van der Waals surface area contributed by atoms with Gasteiger partial charge in [-0.05, 0) is 44.3 Å². The Labute approximate surface area is 124 Å². The molecule has 0 bridgehead atoms. The maximum absolute atomic E-state index is 5.83. The third-order valence-electron chi connectivity index (χ3n) is 3.07. The molecule has 5 heteroatoms. The molecule has 2 rings (SSSR count). The zero-order chi connectivity index (χ0) is 14.2. The van der Waals surface area contributed by atoms with Gasteiger partial charge < -0.3 is 14.2 Å². The number of aryl methyl sites for hydroxylation is 1. The van der Waals surface area contributed by atoms with Crippen LogP contribution in [0.5, 0.6) is 5.75 Å². The molecule has 4 nitrogen and oxygen atoms in total. The molecule has 0 radical (unpaired) electrons. The van der Waals surface area contributed by atoms with Crippen molar-refractivity contribution < 1.29 is 4.74 Å². The predicted octanol–water partition coefficient (Wildman–Crippen LogP) is 2.94. The number of benzene rings is 1. The first kappa shape index (κ1) is 14.9. The molecule has 0 spiro atoms. The van der Waals surface area contributed by atoms with Gasteiger partial charge in [0.2, 0.25) is 0 Å². The first-order valence-corrected chi connectivity index (χ1v) is 7.14. The van der Waals surface area contributed by atoms with Gasteiger partial charge in [0.05, 0.1) is 6.33 Å². The summed E-state index contributed by atoms with van der Waals surface area (Å²) in [4.78, 5) is 6.30. The second-order valence-corrected chi connectivity index (χ2v) is 5.20. The number of imidazole rings is 1. The first-order valence-electron chi connectivity index (χ1n) is 6.77. The van der Waals surface area contributed by atoms with Crippen molar-refractivity contribution in [2.24, 2.45) is 0 Å². The smallest absolute Gasteiger partial charge is 0.119 e. The maximum Gasteiger partial charge on any atom is 0.119 e. The summed E-state index contributed by atoms with van der Waals surface area (Å²) in [6, 6.07) is 7.46. The van der Waals surface area contributed by atoms with Gasteiger partial charge in [-0.2, -0.15) is 0 Å². The monoisotopic (exact) mass is 293 g/mol. The van der Waals surface area contributed by atoms with Gasteiger partial charge in [-0.25, -0.2) is 4.98 Å². The normalized spacial score (nSPS) is 10.9. The fourth-order valence-corrected chi connectivity index (χ4v) is 2.03. The minimum atomic E-state index is 0.684. The SMILES string of the molecule is CN(CCCn1ccnc1)CCOc1ccc(Cl)cc1. The van der Waals surface area contributed by atoms with Crippen LogP contribution in [0.2, 0.25) is 5.02 Å². The van der Waals surface area contributed by atoms with Crippen molar-refractivity contribution in [3.8, 4) is 5.75 Å². The molecule has 1 aromatic heterocycles. The fraction of sp³-hybridized carbons (Fsp3) is 0.400. The highest BCUT2D eigenvalue weighted by molar-refractivity contribution is 6.30. The Balaban J connectivity index is 1.58. The minimum Gasteiger partial charge on any atom is -0.492 e. The molecule has 0 aliphatic carbocycles. The number of rotatable bonds is 8. The van der Waals surface area contributed by atoms with E-state index >= 15 is 0 Å². The topological polar surface area (TPSA) is 30.3 Å². The van der Waals surface area contributed by atoms with Crippen LogP contribution >= 0.6 is 11.6 Å². The summed E-state index contributed by atoms with van der Waals surface area (Å²) in [5.74, 6) is 0.862. The standard InChI is InChI=1S/C15H20ClN3O/c1-18(8-2-9-19-10-7-17-13-19)11-12-20-15-5-3-14(16)4-6-15/h3-7,10,13H,2,8-9,11-12H2,1H3. The molecule has 20 heavy (non-hydrogen) atoms. The highest BCUT2D eigenvalue weighted by Gasteiger charge is 2.00. The number of aromatic nitrogens is 2. The Bertz CT molecular complexity index is 484. The molecule has 108 valence electrons. The van der Waals surface area contributed by atoms with Crippen molar-refractivity contribution in [2.75, 3.05) is 26.7 Å². The summed E-state index contributed by atoms with van der Waals surface area (Å²) < 4.78 is 7.76. The van der Waals surface area contributed by atoms with Crippen LogP contribution in [0.4, 0.5) is 0 Å². The predicted molar refractivity (Wildman–Crippen MR) is 81.3 cm³/mol. The van der Waals surface area contributed by atoms with Gasteiger partial charge >= 0.3 is 0 Å². The Morgan fingerprint density at radius 2 is 2.05 bits per heavy atom. The fourth-order valence-electron chi connectivity index (χ4n) is 1.90. The molecule has 0 N–H and O–H groups in total. The van der Waals surface area contributed by atoms with Crippen molar-refractivity contribution in [3.05, 3.63) is 48.0 Å². The summed E-state index contributed by atoms with van der Waals surface area (Å²) in [7, 11) is 2.11. The minimum absolute atomic E-state index is 0.684. The zero-order valence-corrected chi connectivity index (χ0v) is 12.5. The molecule has 0 aliphatic rings. The lowest BCUT2D eigenvalue weighted by Gasteiger charge is -2.17. The van der Waals surface area contributed by atoms with Crippen molar-refractivity contribution in [3.63, 3.8) is 0 Å². The molecule has 0 fully saturated rings. The van der Waals surface area contributed by atoms with E-state index in [1.807, 2.05) is 43.0 Å². The van der Waals surface area contributed by atoms with Gasteiger partial charge in [0.15, 0.2) is 0 Å². The summed E-state index contributed by atoms with van der Waals surface area (Å²) in [5.41, 5.74) is 0. The average Bonchev–Trinajstić information content (AvgIpc) is 2.94. The van der Waals surface area contributed by atoms with Crippen LogP contribution < -0.4 is 4.74 Å². The number of likely N-dealkylation sites (N-methyl/N-ethyl adjacent to an activating group) is 1. The summed E-state index contributed by atoms with van der Waals surface area (Å²) in [6.45, 7) is 3.64. The van der Waals surface area contributed by atoms with Gasteiger partial charge in [0, 0.05) is 30.5 Å². The highest BCUT2D eigenvalue weighted by Crippen LogP contribution is 2.15. The van der Waals surface area contributed by atoms with E-state index in [9.17, 15) is 0 Å². The number of hydrogen-bond donors (Lipinski definition) is 0. The van der Waals surface area contributed by atoms with E-state index in [0.29, 0.717) is 6.61 Å².